The van der Waals surface area contributed by atoms with Crippen molar-refractivity contribution in [2.45, 2.75) is 64.1 Å². The molecule has 0 fully saturated rings. The summed E-state index contributed by atoms with van der Waals surface area (Å²) in [5.41, 5.74) is 1.61. The molecule has 0 radical (unpaired) electrons. The first-order valence-corrected chi connectivity index (χ1v) is 13.2. The van der Waals surface area contributed by atoms with Crippen LogP contribution in [0.25, 0.3) is 22.0 Å². The van der Waals surface area contributed by atoms with E-state index in [4.69, 9.17) is 9.47 Å². The minimum atomic E-state index is -3.43. The van der Waals surface area contributed by atoms with Gasteiger partial charge in [-0.2, -0.15) is 4.31 Å². The number of halogens is 1. The molecule has 0 saturated carbocycles. The molecule has 2 atom stereocenters. The predicted molar refractivity (Wildman–Crippen MR) is 136 cm³/mol. The summed E-state index contributed by atoms with van der Waals surface area (Å²) < 4.78 is 49.5. The minimum absolute atomic E-state index is 0.185. The summed E-state index contributed by atoms with van der Waals surface area (Å²) >= 11 is 0. The average molecular weight is 519 g/mol. The van der Waals surface area contributed by atoms with E-state index in [2.05, 4.69) is 0 Å². The van der Waals surface area contributed by atoms with Crippen LogP contribution in [0.4, 0.5) is 9.18 Å². The van der Waals surface area contributed by atoms with Gasteiger partial charge in [0.05, 0.1) is 23.1 Å². The Morgan fingerprint density at radius 1 is 1.17 bits per heavy atom. The molecule has 0 amide bonds. The number of esters is 1. The van der Waals surface area contributed by atoms with Crippen LogP contribution in [0.15, 0.2) is 47.5 Å². The minimum Gasteiger partial charge on any atom is -0.465 e. The number of ether oxygens (including phenoxy) is 2. The first-order valence-electron chi connectivity index (χ1n) is 11.7. The van der Waals surface area contributed by atoms with E-state index in [9.17, 15) is 23.1 Å². The van der Waals surface area contributed by atoms with E-state index < -0.39 is 46.3 Å². The van der Waals surface area contributed by atoms with Crippen molar-refractivity contribution in [1.29, 1.82) is 0 Å². The fraction of sp³-hybridized carbons (Fsp3) is 0.385. The Hall–Kier alpha value is -2.92. The Morgan fingerprint density at radius 3 is 2.50 bits per heavy atom. The number of hydrogen-bond donors (Lipinski definition) is 2. The van der Waals surface area contributed by atoms with Crippen molar-refractivity contribution < 1.29 is 32.6 Å². The lowest BCUT2D eigenvalue weighted by Crippen LogP contribution is -2.39. The van der Waals surface area contributed by atoms with Crippen LogP contribution in [-0.2, 0) is 14.3 Å². The third kappa shape index (κ3) is 4.50. The third-order valence-corrected chi connectivity index (χ3v) is 8.29. The van der Waals surface area contributed by atoms with Gasteiger partial charge in [0.1, 0.15) is 17.5 Å². The summed E-state index contributed by atoms with van der Waals surface area (Å²) in [5.74, 6) is -1.03. The highest BCUT2D eigenvalue weighted by atomic mass is 32.3. The van der Waals surface area contributed by atoms with E-state index in [0.717, 1.165) is 0 Å². The number of nitrogens with zero attached hydrogens (tertiary/aromatic N) is 2. The Labute approximate surface area is 211 Å². The molecule has 10 heteroatoms. The zero-order valence-electron chi connectivity index (χ0n) is 21.1. The Morgan fingerprint density at radius 2 is 1.86 bits per heavy atom. The molecule has 1 aliphatic heterocycles. The second kappa shape index (κ2) is 9.19. The van der Waals surface area contributed by atoms with Gasteiger partial charge in [-0.15, -0.1) is 10.8 Å². The van der Waals surface area contributed by atoms with Gasteiger partial charge in [0.2, 0.25) is 0 Å². The Balaban J connectivity index is 1.81. The highest BCUT2D eigenvalue weighted by Gasteiger charge is 2.45. The Bertz CT molecular complexity index is 1350. The van der Waals surface area contributed by atoms with Crippen LogP contribution in [-0.4, -0.2) is 48.3 Å². The van der Waals surface area contributed by atoms with Crippen LogP contribution >= 0.6 is 10.8 Å². The van der Waals surface area contributed by atoms with Gasteiger partial charge in [-0.05, 0) is 83.0 Å². The van der Waals surface area contributed by atoms with Gasteiger partial charge in [-0.25, -0.2) is 9.18 Å². The number of carbonyl (C=O) groups excluding carboxylic acids is 2. The van der Waals surface area contributed by atoms with Gasteiger partial charge in [0, 0.05) is 17.1 Å². The molecule has 0 aliphatic carbocycles. The van der Waals surface area contributed by atoms with Gasteiger partial charge in [0.25, 0.3) is 0 Å². The number of rotatable bonds is 4. The first kappa shape index (κ1) is 26.2. The normalized spacial score (nSPS) is 19.1. The van der Waals surface area contributed by atoms with Gasteiger partial charge < -0.3 is 9.47 Å². The van der Waals surface area contributed by atoms with Crippen molar-refractivity contribution in [3.05, 3.63) is 54.0 Å². The number of carbonyl (C=O) groups is 2. The Kier molecular flexibility index (Phi) is 6.67. The molecule has 0 spiro atoms. The summed E-state index contributed by atoms with van der Waals surface area (Å²) in [7, 11) is -3.43. The van der Waals surface area contributed by atoms with E-state index in [0.29, 0.717) is 32.5 Å². The molecular formula is C26H31FN2O6S. The van der Waals surface area contributed by atoms with E-state index in [-0.39, 0.29) is 6.61 Å². The van der Waals surface area contributed by atoms with Crippen LogP contribution in [0.5, 0.6) is 0 Å². The second-order valence-corrected chi connectivity index (χ2v) is 11.7. The van der Waals surface area contributed by atoms with Crippen molar-refractivity contribution in [3.63, 3.8) is 0 Å². The molecule has 36 heavy (non-hydrogen) atoms. The number of benzene rings is 2. The van der Waals surface area contributed by atoms with Crippen molar-refractivity contribution >= 4 is 33.7 Å². The van der Waals surface area contributed by atoms with Gasteiger partial charge in [0.15, 0.2) is 0 Å². The molecule has 2 unspecified atom stereocenters. The largest absolute Gasteiger partial charge is 0.465 e. The molecule has 3 aromatic rings. The molecule has 1 aliphatic rings. The van der Waals surface area contributed by atoms with Crippen LogP contribution < -0.4 is 0 Å². The van der Waals surface area contributed by atoms with Crippen molar-refractivity contribution in [1.82, 2.24) is 8.87 Å². The van der Waals surface area contributed by atoms with Crippen molar-refractivity contribution in [3.8, 4) is 11.1 Å². The van der Waals surface area contributed by atoms with Crippen LogP contribution in [0, 0.1) is 5.82 Å². The molecule has 194 valence electrons. The molecule has 2 aromatic carbocycles. The van der Waals surface area contributed by atoms with Crippen LogP contribution in [0.1, 0.15) is 53.1 Å². The fourth-order valence-corrected chi connectivity index (χ4v) is 6.68. The zero-order valence-corrected chi connectivity index (χ0v) is 21.9. The summed E-state index contributed by atoms with van der Waals surface area (Å²) in [6.07, 6.45) is 0.957. The van der Waals surface area contributed by atoms with Crippen molar-refractivity contribution in [2.24, 2.45) is 0 Å². The summed E-state index contributed by atoms with van der Waals surface area (Å²) in [6, 6.07) is 7.96. The standard InChI is InChI=1S/C26H31FN2O6S/c1-7-34-24(30)16(3)29-15(2)20-12-17(8-11-23(20)36(29,32)33)21-14-28(25(31)35-26(4,5)6)22-13-18(27)9-10-19(21)22/h8-16,32-33H,7H2,1-6H3. The van der Waals surface area contributed by atoms with E-state index in [1.54, 1.807) is 65.9 Å². The lowest BCUT2D eigenvalue weighted by Gasteiger charge is -2.41. The molecule has 0 bridgehead atoms. The second-order valence-electron chi connectivity index (χ2n) is 9.79. The lowest BCUT2D eigenvalue weighted by molar-refractivity contribution is -0.147. The topological polar surface area (TPSA) is 101 Å². The highest BCUT2D eigenvalue weighted by Crippen LogP contribution is 2.64. The number of hydrogen-bond acceptors (Lipinski definition) is 7. The van der Waals surface area contributed by atoms with E-state index in [1.807, 2.05) is 6.07 Å². The van der Waals surface area contributed by atoms with Crippen molar-refractivity contribution in [2.75, 3.05) is 6.61 Å². The summed E-state index contributed by atoms with van der Waals surface area (Å²) in [4.78, 5) is 25.6. The highest BCUT2D eigenvalue weighted by molar-refractivity contribution is 8.22. The first-order chi connectivity index (χ1) is 16.8. The summed E-state index contributed by atoms with van der Waals surface area (Å²) in [6.45, 7) is 10.5. The molecule has 0 saturated heterocycles. The fourth-order valence-electron chi connectivity index (χ4n) is 4.58. The van der Waals surface area contributed by atoms with E-state index >= 15 is 0 Å². The number of fused-ring (bicyclic) bond motifs is 2. The van der Waals surface area contributed by atoms with Crippen LogP contribution in [0.2, 0.25) is 0 Å². The predicted octanol–water partition coefficient (Wildman–Crippen LogP) is 6.58. The average Bonchev–Trinajstić information content (AvgIpc) is 3.24. The zero-order chi connectivity index (χ0) is 26.6. The molecule has 2 N–H and O–H groups in total. The maximum absolute atomic E-state index is 14.1. The molecular weight excluding hydrogens is 487 g/mol. The smallest absolute Gasteiger partial charge is 0.419 e. The number of aromatic nitrogens is 1. The molecule has 2 heterocycles. The molecule has 8 nitrogen and oxygen atoms in total. The van der Waals surface area contributed by atoms with Crippen LogP contribution in [0.3, 0.4) is 0 Å². The third-order valence-electron chi connectivity index (χ3n) is 6.11. The van der Waals surface area contributed by atoms with Gasteiger partial charge in [-0.3, -0.25) is 18.5 Å². The van der Waals surface area contributed by atoms with Gasteiger partial charge in [-0.1, -0.05) is 6.07 Å². The molecule has 4 rings (SSSR count). The summed E-state index contributed by atoms with van der Waals surface area (Å²) in [5, 5.41) is 0.635. The maximum Gasteiger partial charge on any atom is 0.419 e. The quantitative estimate of drug-likeness (QED) is 0.376. The van der Waals surface area contributed by atoms with Gasteiger partial charge >= 0.3 is 12.1 Å². The lowest BCUT2D eigenvalue weighted by atomic mass is 9.99. The SMILES string of the molecule is CCOC(=O)C(C)N1C(C)c2cc(-c3cn(C(=O)OC(C)(C)C)c4cc(F)ccc34)ccc2S1(O)O. The molecule has 1 aromatic heterocycles. The van der Waals surface area contributed by atoms with E-state index in [1.165, 1.54) is 21.0 Å². The monoisotopic (exact) mass is 518 g/mol. The maximum atomic E-state index is 14.1.